The van der Waals surface area contributed by atoms with Crippen LogP contribution in [0.4, 0.5) is 0 Å². The molecule has 4 rings (SSSR count). The molecular weight excluding hydrogens is 490 g/mol. The molecule has 3 fully saturated rings. The van der Waals surface area contributed by atoms with Crippen LogP contribution < -0.4 is 5.32 Å². The maximum absolute atomic E-state index is 12.4. The Hall–Kier alpha value is -1.85. The van der Waals surface area contributed by atoms with Gasteiger partial charge >= 0.3 is 11.9 Å². The highest BCUT2D eigenvalue weighted by Crippen LogP contribution is 2.67. The van der Waals surface area contributed by atoms with E-state index in [-0.39, 0.29) is 30.3 Å². The molecule has 0 aromatic rings. The number of ether oxygens (including phenoxy) is 1. The van der Waals surface area contributed by atoms with E-state index in [1.54, 1.807) is 0 Å². The average molecular weight is 544 g/mol. The monoisotopic (exact) mass is 543 g/mol. The van der Waals surface area contributed by atoms with Crippen LogP contribution in [0.25, 0.3) is 0 Å². The largest absolute Gasteiger partial charge is 0.480 e. The molecule has 4 aliphatic rings. The Morgan fingerprint density at radius 1 is 1.03 bits per heavy atom. The summed E-state index contributed by atoms with van der Waals surface area (Å²) in [5.74, 6) is 2.97. The third kappa shape index (κ3) is 6.56. The molecule has 6 heteroatoms. The van der Waals surface area contributed by atoms with Crippen LogP contribution in [-0.2, 0) is 19.1 Å². The highest BCUT2D eigenvalue weighted by atomic mass is 16.5. The summed E-state index contributed by atoms with van der Waals surface area (Å²) in [6, 6.07) is 0. The molecule has 2 N–H and O–H groups in total. The first-order valence-electron chi connectivity index (χ1n) is 15.8. The standard InChI is InChI=1S/C33H53NO5/c1-21(2)7-6-8-22(3)26-11-12-27-25-10-9-23-19-24(39-31(38)14-13-29(35)34-20-30(36)37)15-17-32(23,4)28(25)16-18-33(26,27)5/h9,21-22,24-28H,6-8,10-20H2,1-5H3,(H,34,35)(H,36,37)/t22?,24-,25?,26?,27?,28?,32-,33+/m0/s1. The van der Waals surface area contributed by atoms with E-state index in [1.165, 1.54) is 56.9 Å². The van der Waals surface area contributed by atoms with Crippen molar-refractivity contribution in [2.75, 3.05) is 6.54 Å². The third-order valence-electron chi connectivity index (χ3n) is 11.6. The quantitative estimate of drug-likeness (QED) is 0.218. The van der Waals surface area contributed by atoms with Crippen molar-refractivity contribution in [2.24, 2.45) is 46.3 Å². The minimum Gasteiger partial charge on any atom is -0.480 e. The molecule has 0 aromatic carbocycles. The second-order valence-electron chi connectivity index (χ2n) is 14.3. The molecular formula is C33H53NO5. The van der Waals surface area contributed by atoms with Crippen LogP contribution in [0.5, 0.6) is 0 Å². The van der Waals surface area contributed by atoms with Gasteiger partial charge in [0.1, 0.15) is 12.6 Å². The van der Waals surface area contributed by atoms with E-state index in [0.29, 0.717) is 5.41 Å². The molecule has 0 radical (unpaired) electrons. The third-order valence-corrected chi connectivity index (χ3v) is 11.6. The van der Waals surface area contributed by atoms with Crippen LogP contribution in [-0.4, -0.2) is 35.6 Å². The average Bonchev–Trinajstić information content (AvgIpc) is 3.23. The first kappa shape index (κ1) is 30.1. The molecule has 5 unspecified atom stereocenters. The highest BCUT2D eigenvalue weighted by molar-refractivity contribution is 5.84. The molecule has 0 heterocycles. The molecule has 0 bridgehead atoms. The smallest absolute Gasteiger partial charge is 0.322 e. The molecule has 6 nitrogen and oxygen atoms in total. The summed E-state index contributed by atoms with van der Waals surface area (Å²) >= 11 is 0. The summed E-state index contributed by atoms with van der Waals surface area (Å²) in [5, 5.41) is 11.0. The van der Waals surface area contributed by atoms with E-state index < -0.39 is 18.4 Å². The van der Waals surface area contributed by atoms with Gasteiger partial charge in [-0.05, 0) is 91.3 Å². The van der Waals surface area contributed by atoms with Gasteiger partial charge in [0.15, 0.2) is 0 Å². The van der Waals surface area contributed by atoms with Gasteiger partial charge in [-0.1, -0.05) is 65.5 Å². The van der Waals surface area contributed by atoms with E-state index in [2.05, 4.69) is 46.0 Å². The van der Waals surface area contributed by atoms with Gasteiger partial charge in [0.2, 0.25) is 5.91 Å². The van der Waals surface area contributed by atoms with E-state index in [1.807, 2.05) is 0 Å². The number of carbonyl (C=O) groups excluding carboxylic acids is 2. The second kappa shape index (κ2) is 12.3. The van der Waals surface area contributed by atoms with Crippen LogP contribution in [0.3, 0.4) is 0 Å². The number of rotatable bonds is 11. The molecule has 39 heavy (non-hydrogen) atoms. The Morgan fingerprint density at radius 2 is 1.79 bits per heavy atom. The number of hydrogen-bond donors (Lipinski definition) is 2. The lowest BCUT2D eigenvalue weighted by Crippen LogP contribution is -2.51. The normalized spacial score (nSPS) is 36.3. The summed E-state index contributed by atoms with van der Waals surface area (Å²) < 4.78 is 5.79. The molecule has 220 valence electrons. The van der Waals surface area contributed by atoms with Crippen LogP contribution in [0.15, 0.2) is 11.6 Å². The number of carboxylic acids is 1. The Labute approximate surface area is 236 Å². The van der Waals surface area contributed by atoms with Crippen molar-refractivity contribution in [3.05, 3.63) is 11.6 Å². The number of fused-ring (bicyclic) bond motifs is 5. The van der Waals surface area contributed by atoms with Crippen LogP contribution in [0.2, 0.25) is 0 Å². The minimum absolute atomic E-state index is 0.0136. The zero-order chi connectivity index (χ0) is 28.4. The number of aliphatic carboxylic acids is 1. The summed E-state index contributed by atoms with van der Waals surface area (Å²) in [5.41, 5.74) is 2.20. The molecule has 0 saturated heterocycles. The molecule has 0 aliphatic heterocycles. The van der Waals surface area contributed by atoms with Crippen molar-refractivity contribution in [3.8, 4) is 0 Å². The lowest BCUT2D eigenvalue weighted by molar-refractivity contribution is -0.152. The molecule has 0 spiro atoms. The highest BCUT2D eigenvalue weighted by Gasteiger charge is 2.59. The molecule has 0 aromatic heterocycles. The van der Waals surface area contributed by atoms with Crippen molar-refractivity contribution in [3.63, 3.8) is 0 Å². The maximum atomic E-state index is 12.4. The summed E-state index contributed by atoms with van der Waals surface area (Å²) in [4.78, 5) is 34.8. The number of esters is 1. The summed E-state index contributed by atoms with van der Waals surface area (Å²) in [6.07, 6.45) is 15.9. The molecule has 8 atom stereocenters. The molecule has 3 saturated carbocycles. The van der Waals surface area contributed by atoms with Crippen LogP contribution >= 0.6 is 0 Å². The first-order chi connectivity index (χ1) is 18.4. The predicted octanol–water partition coefficient (Wildman–Crippen LogP) is 6.92. The first-order valence-corrected chi connectivity index (χ1v) is 15.8. The second-order valence-corrected chi connectivity index (χ2v) is 14.3. The van der Waals surface area contributed by atoms with Crippen LogP contribution in [0.1, 0.15) is 118 Å². The number of carboxylic acid groups (broad SMARTS) is 1. The van der Waals surface area contributed by atoms with Gasteiger partial charge in [-0.2, -0.15) is 0 Å². The zero-order valence-corrected chi connectivity index (χ0v) is 25.1. The SMILES string of the molecule is CC(C)CCCC(C)C1CCC2C3CC=C4C[C@@H](OC(=O)CCC(=O)NCC(=O)O)CC[C@]4(C)C3CC[C@]12C. The van der Waals surface area contributed by atoms with Crippen molar-refractivity contribution >= 4 is 17.8 Å². The number of allylic oxidation sites excluding steroid dienone is 1. The summed E-state index contributed by atoms with van der Waals surface area (Å²) in [6.45, 7) is 11.9. The maximum Gasteiger partial charge on any atom is 0.322 e. The van der Waals surface area contributed by atoms with E-state index in [0.717, 1.165) is 54.8 Å². The topological polar surface area (TPSA) is 92.7 Å². The number of amides is 1. The Kier molecular flexibility index (Phi) is 9.53. The van der Waals surface area contributed by atoms with Gasteiger partial charge < -0.3 is 15.2 Å². The molecule has 4 aliphatic carbocycles. The fraction of sp³-hybridized carbons (Fsp3) is 0.848. The van der Waals surface area contributed by atoms with Crippen LogP contribution in [0, 0.1) is 46.3 Å². The number of nitrogens with one attached hydrogen (secondary N) is 1. The lowest BCUT2D eigenvalue weighted by Gasteiger charge is -2.58. The summed E-state index contributed by atoms with van der Waals surface area (Å²) in [7, 11) is 0. The van der Waals surface area contributed by atoms with Crippen molar-refractivity contribution in [1.82, 2.24) is 5.32 Å². The van der Waals surface area contributed by atoms with E-state index in [9.17, 15) is 14.4 Å². The minimum atomic E-state index is -1.10. The number of hydrogen-bond acceptors (Lipinski definition) is 4. The number of carbonyl (C=O) groups is 3. The van der Waals surface area contributed by atoms with Crippen molar-refractivity contribution < 1.29 is 24.2 Å². The Balaban J connectivity index is 1.33. The fourth-order valence-electron chi connectivity index (χ4n) is 9.48. The Bertz CT molecular complexity index is 942. The predicted molar refractivity (Wildman–Crippen MR) is 153 cm³/mol. The van der Waals surface area contributed by atoms with Gasteiger partial charge in [0.05, 0.1) is 6.42 Å². The van der Waals surface area contributed by atoms with Gasteiger partial charge in [0.25, 0.3) is 0 Å². The van der Waals surface area contributed by atoms with E-state index in [4.69, 9.17) is 9.84 Å². The fourth-order valence-corrected chi connectivity index (χ4v) is 9.48. The lowest BCUT2D eigenvalue weighted by atomic mass is 9.47. The van der Waals surface area contributed by atoms with E-state index >= 15 is 0 Å². The molecule has 1 amide bonds. The van der Waals surface area contributed by atoms with Gasteiger partial charge in [0, 0.05) is 12.8 Å². The Morgan fingerprint density at radius 3 is 2.51 bits per heavy atom. The van der Waals surface area contributed by atoms with Crippen molar-refractivity contribution in [1.29, 1.82) is 0 Å². The van der Waals surface area contributed by atoms with Crippen molar-refractivity contribution in [2.45, 2.75) is 124 Å². The van der Waals surface area contributed by atoms with Gasteiger partial charge in [-0.15, -0.1) is 0 Å². The van der Waals surface area contributed by atoms with Gasteiger partial charge in [-0.25, -0.2) is 0 Å². The zero-order valence-electron chi connectivity index (χ0n) is 25.1. The van der Waals surface area contributed by atoms with Gasteiger partial charge in [-0.3, -0.25) is 14.4 Å².